The van der Waals surface area contributed by atoms with Crippen molar-refractivity contribution in [2.45, 2.75) is 298 Å². The molecule has 0 aliphatic heterocycles. The summed E-state index contributed by atoms with van der Waals surface area (Å²) in [6.45, 7) is 19.2. The van der Waals surface area contributed by atoms with Crippen molar-refractivity contribution in [3.8, 4) is 66.0 Å². The van der Waals surface area contributed by atoms with Gasteiger partial charge in [-0.3, -0.25) is 18.7 Å². The van der Waals surface area contributed by atoms with Gasteiger partial charge in [0.05, 0.1) is 33.0 Å². The Morgan fingerprint density at radius 1 is 0.328 bits per heavy atom. The van der Waals surface area contributed by atoms with Crippen LogP contribution in [0.25, 0.3) is 87.1 Å². The molecule has 0 bridgehead atoms. The minimum atomic E-state index is -0.860. The fourth-order valence-electron chi connectivity index (χ4n) is 19.7. The zero-order chi connectivity index (χ0) is 89.3. The van der Waals surface area contributed by atoms with Gasteiger partial charge >= 0.3 is 0 Å². The van der Waals surface area contributed by atoms with Gasteiger partial charge in [-0.2, -0.15) is 51.0 Å². The summed E-state index contributed by atoms with van der Waals surface area (Å²) in [5.41, 5.74) is 21.2. The van der Waals surface area contributed by atoms with E-state index in [-0.39, 0.29) is 22.3 Å². The second-order valence-electron chi connectivity index (χ2n) is 35.2. The van der Waals surface area contributed by atoms with E-state index in [2.05, 4.69) is 211 Å². The summed E-state index contributed by atoms with van der Waals surface area (Å²) in [6, 6.07) is 65.9. The molecule has 0 N–H and O–H groups in total. The predicted octanol–water partition coefficient (Wildman–Crippen LogP) is 25.1. The van der Waals surface area contributed by atoms with Crippen molar-refractivity contribution in [1.82, 2.24) is 39.1 Å². The molecule has 6 heterocycles. The van der Waals surface area contributed by atoms with Crippen molar-refractivity contribution in [3.05, 3.63) is 263 Å². The van der Waals surface area contributed by atoms with E-state index in [1.165, 1.54) is 235 Å². The molecule has 0 radical (unpaired) electrons. The van der Waals surface area contributed by atoms with Crippen LogP contribution in [-0.4, -0.2) is 39.1 Å². The number of fused-ring (bicyclic) bond motifs is 8. The number of hydrogen-bond acceptors (Lipinski definition) is 14. The number of aryl methyl sites for hydroxylation is 6. The fraction of sp³-hybridized carbons (Fsp3) is 0.418. The first-order valence-electron chi connectivity index (χ1n) is 47.9. The van der Waals surface area contributed by atoms with Gasteiger partial charge in [0, 0.05) is 54.9 Å². The number of unbranched alkanes of at least 4 members (excludes halogenated alkanes) is 22. The van der Waals surface area contributed by atoms with Crippen molar-refractivity contribution >= 4 is 90.7 Å². The van der Waals surface area contributed by atoms with E-state index in [1.54, 1.807) is 0 Å². The van der Waals surface area contributed by atoms with Crippen molar-refractivity contribution in [2.24, 2.45) is 0 Å². The lowest BCUT2D eigenvalue weighted by molar-refractivity contribution is 0.488. The van der Waals surface area contributed by atoms with Gasteiger partial charge in [0.2, 0.25) is 0 Å². The number of hydrogen-bond donors (Lipinski definition) is 0. The van der Waals surface area contributed by atoms with Crippen LogP contribution in [0, 0.1) is 45.3 Å². The van der Waals surface area contributed by atoms with E-state index in [0.717, 1.165) is 133 Å². The normalized spacial score (nSPS) is 13.1. The molecule has 0 saturated heterocycles. The maximum absolute atomic E-state index is 14.5. The van der Waals surface area contributed by atoms with E-state index in [1.807, 2.05) is 58.3 Å². The van der Waals surface area contributed by atoms with Gasteiger partial charge in [-0.15, -0.1) is 45.3 Å². The van der Waals surface area contributed by atoms with E-state index in [4.69, 9.17) is 20.4 Å². The molecule has 0 fully saturated rings. The van der Waals surface area contributed by atoms with Gasteiger partial charge in [-0.1, -0.05) is 304 Å². The van der Waals surface area contributed by atoms with Crippen molar-refractivity contribution < 1.29 is 0 Å². The number of rotatable bonds is 44. The topological polar surface area (TPSA) is 201 Å². The average molecular weight is 1770 g/mol. The summed E-state index contributed by atoms with van der Waals surface area (Å²) < 4.78 is 4.58. The van der Waals surface area contributed by atoms with Crippen LogP contribution in [0.5, 0.6) is 0 Å². The summed E-state index contributed by atoms with van der Waals surface area (Å²) in [7, 11) is 0. The quantitative estimate of drug-likeness (QED) is 0.0331. The number of nitrogens with zero attached hydrogens (tertiary/aromatic N) is 12. The van der Waals surface area contributed by atoms with Crippen LogP contribution in [0.2, 0.25) is 0 Å². The number of aromatic nitrogens is 8. The maximum atomic E-state index is 14.5. The van der Waals surface area contributed by atoms with Crippen molar-refractivity contribution in [3.63, 3.8) is 0 Å². The highest BCUT2D eigenvalue weighted by Crippen LogP contribution is 2.66. The monoisotopic (exact) mass is 1770 g/mol. The Kier molecular flexibility index (Phi) is 30.8. The Labute approximate surface area is 771 Å². The van der Waals surface area contributed by atoms with Gasteiger partial charge in [-0.25, -0.2) is 0 Å². The Morgan fingerprint density at radius 2 is 0.617 bits per heavy atom. The molecule has 14 nitrogen and oxygen atoms in total. The van der Waals surface area contributed by atoms with Crippen LogP contribution in [0.15, 0.2) is 155 Å². The van der Waals surface area contributed by atoms with Gasteiger partial charge in [0.15, 0.2) is 11.1 Å². The third-order valence-electron chi connectivity index (χ3n) is 26.6. The minimum Gasteiger partial charge on any atom is -0.298 e. The molecule has 0 saturated carbocycles. The summed E-state index contributed by atoms with van der Waals surface area (Å²) in [5.74, 6) is 0. The molecule has 0 spiro atoms. The first kappa shape index (κ1) is 91.8. The molecule has 2 aliphatic rings. The first-order valence-corrected chi connectivity index (χ1v) is 51.2. The van der Waals surface area contributed by atoms with Crippen LogP contribution >= 0.6 is 45.3 Å². The molecule has 6 aromatic heterocycles. The second kappa shape index (κ2) is 43.0. The highest BCUT2D eigenvalue weighted by Gasteiger charge is 2.53. The Hall–Kier alpha value is -11.0. The second-order valence-corrected chi connectivity index (χ2v) is 39.4. The highest BCUT2D eigenvalue weighted by molar-refractivity contribution is 7.19. The Balaban J connectivity index is 1.02. The zero-order valence-electron chi connectivity index (χ0n) is 76.3. The third-order valence-corrected chi connectivity index (χ3v) is 31.3. The van der Waals surface area contributed by atoms with E-state index in [9.17, 15) is 30.6 Å². The molecule has 18 heteroatoms. The Morgan fingerprint density at radius 3 is 0.914 bits per heavy atom. The lowest BCUT2D eigenvalue weighted by Crippen LogP contribution is -2.31. The zero-order valence-corrected chi connectivity index (χ0v) is 79.5. The molecule has 13 aromatic rings. The van der Waals surface area contributed by atoms with E-state index >= 15 is 0 Å². The lowest BCUT2D eigenvalue weighted by Gasteiger charge is -2.36. The first-order chi connectivity index (χ1) is 62.8. The van der Waals surface area contributed by atoms with Crippen LogP contribution in [-0.2, 0) is 62.7 Å². The molecule has 15 rings (SSSR count). The number of thiazole rings is 2. The number of benzene rings is 7. The summed E-state index contributed by atoms with van der Waals surface area (Å²) in [4.78, 5) is 37.2. The lowest BCUT2D eigenvalue weighted by atomic mass is 9.65. The van der Waals surface area contributed by atoms with Gasteiger partial charge in [0.1, 0.15) is 55.7 Å². The third kappa shape index (κ3) is 18.7. The molecule has 0 unspecified atom stereocenters. The molecule has 128 heavy (non-hydrogen) atoms. The molecular weight excluding hydrogens is 1650 g/mol. The van der Waals surface area contributed by atoms with Gasteiger partial charge in [0.25, 0.3) is 11.1 Å². The van der Waals surface area contributed by atoms with Crippen molar-refractivity contribution in [1.29, 1.82) is 21.0 Å². The van der Waals surface area contributed by atoms with E-state index < -0.39 is 10.8 Å². The number of nitriles is 4. The molecule has 0 atom stereocenters. The largest absolute Gasteiger partial charge is 0.298 e. The van der Waals surface area contributed by atoms with E-state index in [0.29, 0.717) is 55.6 Å². The molecule has 2 aliphatic carbocycles. The standard InChI is InChI=1S/C110H122N12O2S4/c1-9-17-23-29-31-37-63-121-115-99-79(65-97-105(123)119(15-7)107(127-97)81(71-111)72-112)51-61-87(101(99)117-121)95-69-93-103(125-95)89-67-92-90(68-91(89)109(93,83-53-43-75(44-54-83)39-33-25-19-11-3)84-55-45-76(46-56-84)40-34-26-20-12-4)104-94(110(92,85-57-47-77(48-58-85)41-35-27-21-13-5)86-59-49-78(50-60-86)42-36-28-22-14-6)70-96(126-104)88-62-52-80(66-98-106(124)120(16-8)108(128-98)82(73-113)74-114)100-102(88)118-122(116-100)64-38-32-30-24-18-10-2/h43-62,65-70H,9-42,63-64H2,1-8H3/b97-65-,98-66-. The average Bonchev–Trinajstić information content (AvgIpc) is 1.50. The summed E-state index contributed by atoms with van der Waals surface area (Å²) in [5, 5.41) is 62.4. The van der Waals surface area contributed by atoms with Crippen LogP contribution in [0.4, 0.5) is 0 Å². The summed E-state index contributed by atoms with van der Waals surface area (Å²) in [6.07, 6.45) is 39.9. The SMILES string of the molecule is CCCCCCCCn1nc2c(/C=c3\sc(=C(C#N)C#N)n(CC)c3=O)ccc(-c3cc4c(s3)-c3cc5c(cc3C4(c3ccc(CCCCCC)cc3)c3ccc(CCCCCC)cc3)-c3sc(-c4ccc(/C=c6\sc(=C(C#N)C#N)n(CC)c6=O)c6nn(CCCCCCCC)nc46)cc3C5(c3ccc(CCCCCC)cc3)c3ccc(CCCCCC)cc3)c2n1. The maximum Gasteiger partial charge on any atom is 0.269 e. The Bertz CT molecular complexity index is 6140. The minimum absolute atomic E-state index is 0.0902. The van der Waals surface area contributed by atoms with Gasteiger partial charge in [-0.05, 0) is 192 Å². The molecule has 658 valence electrons. The predicted molar refractivity (Wildman–Crippen MR) is 531 cm³/mol. The van der Waals surface area contributed by atoms with Gasteiger partial charge < -0.3 is 0 Å². The summed E-state index contributed by atoms with van der Waals surface area (Å²) >= 11 is 6.01. The molecule has 0 amide bonds. The van der Waals surface area contributed by atoms with Crippen LogP contribution in [0.1, 0.15) is 313 Å². The van der Waals surface area contributed by atoms with Crippen LogP contribution in [0.3, 0.4) is 0 Å². The fourth-order valence-corrected chi connectivity index (χ4v) is 24.5. The van der Waals surface area contributed by atoms with Crippen LogP contribution < -0.4 is 29.5 Å². The highest BCUT2D eigenvalue weighted by atomic mass is 32.1. The molecule has 7 aromatic carbocycles. The van der Waals surface area contributed by atoms with Crippen molar-refractivity contribution in [2.75, 3.05) is 0 Å². The number of thiophene rings is 2. The molecular formula is C110H122N12O2S4. The smallest absolute Gasteiger partial charge is 0.269 e.